The number of halogens is 2. The van der Waals surface area contributed by atoms with E-state index in [0.29, 0.717) is 16.6 Å². The molecule has 0 amide bonds. The molecule has 1 fully saturated rings. The first-order chi connectivity index (χ1) is 9.77. The molecule has 116 valence electrons. The molecule has 1 aromatic rings. The maximum Gasteiger partial charge on any atom is 0.304 e. The third-order valence-electron chi connectivity index (χ3n) is 3.43. The second kappa shape index (κ2) is 6.41. The Kier molecular flexibility index (Phi) is 5.00. The van der Waals surface area contributed by atoms with Crippen LogP contribution in [0.15, 0.2) is 22.7 Å². The van der Waals surface area contributed by atoms with Gasteiger partial charge in [0, 0.05) is 19.1 Å². The lowest BCUT2D eigenvalue weighted by Crippen LogP contribution is -2.48. The number of benzene rings is 1. The third kappa shape index (κ3) is 4.49. The summed E-state index contributed by atoms with van der Waals surface area (Å²) >= 11 is 3.07. The van der Waals surface area contributed by atoms with Gasteiger partial charge in [-0.1, -0.05) is 6.07 Å². The highest BCUT2D eigenvalue weighted by Gasteiger charge is 2.32. The quantitative estimate of drug-likeness (QED) is 0.860. The molecule has 1 aliphatic heterocycles. The summed E-state index contributed by atoms with van der Waals surface area (Å²) in [6, 6.07) is 4.10. The van der Waals surface area contributed by atoms with Crippen LogP contribution in [-0.2, 0) is 21.2 Å². The van der Waals surface area contributed by atoms with Gasteiger partial charge in [0.05, 0.1) is 22.4 Å². The Balaban J connectivity index is 2.15. The highest BCUT2D eigenvalue weighted by Crippen LogP contribution is 2.21. The topological polar surface area (TPSA) is 74.7 Å². The second-order valence-corrected chi connectivity index (χ2v) is 8.17. The van der Waals surface area contributed by atoms with Crippen molar-refractivity contribution in [3.63, 3.8) is 0 Å². The molecule has 0 spiro atoms. The van der Waals surface area contributed by atoms with E-state index in [1.807, 2.05) is 0 Å². The number of carboxylic acids is 1. The first-order valence-corrected chi connectivity index (χ1v) is 8.98. The number of aliphatic carboxylic acids is 1. The van der Waals surface area contributed by atoms with E-state index in [2.05, 4.69) is 15.9 Å². The van der Waals surface area contributed by atoms with E-state index in [4.69, 9.17) is 5.11 Å². The van der Waals surface area contributed by atoms with E-state index in [1.165, 1.54) is 6.07 Å². The number of carboxylic acid groups (broad SMARTS) is 1. The van der Waals surface area contributed by atoms with Gasteiger partial charge in [-0.3, -0.25) is 9.69 Å². The molecule has 8 heteroatoms. The lowest BCUT2D eigenvalue weighted by atomic mass is 10.1. The van der Waals surface area contributed by atoms with Crippen LogP contribution in [0.5, 0.6) is 0 Å². The molecule has 1 heterocycles. The molecule has 1 N–H and O–H groups in total. The number of carbonyl (C=O) groups is 1. The fraction of sp³-hybridized carbons (Fsp3) is 0.462. The van der Waals surface area contributed by atoms with Gasteiger partial charge < -0.3 is 5.11 Å². The van der Waals surface area contributed by atoms with Gasteiger partial charge in [-0.05, 0) is 33.6 Å². The molecular formula is C13H15BrFNO4S. The van der Waals surface area contributed by atoms with Crippen molar-refractivity contribution in [1.29, 1.82) is 0 Å². The predicted octanol–water partition coefficient (Wildman–Crippen LogP) is 1.66. The average Bonchev–Trinajstić information content (AvgIpc) is 2.36. The minimum absolute atomic E-state index is 0.00211. The maximum atomic E-state index is 13.5. The summed E-state index contributed by atoms with van der Waals surface area (Å²) in [7, 11) is -3.20. The van der Waals surface area contributed by atoms with Crippen molar-refractivity contribution in [2.45, 2.75) is 19.0 Å². The summed E-state index contributed by atoms with van der Waals surface area (Å²) in [6.07, 6.45) is -0.238. The van der Waals surface area contributed by atoms with Crippen molar-refractivity contribution >= 4 is 31.7 Å². The molecule has 21 heavy (non-hydrogen) atoms. The molecule has 0 aromatic heterocycles. The summed E-state index contributed by atoms with van der Waals surface area (Å²) in [5.41, 5.74) is 0.686. The average molecular weight is 380 g/mol. The molecule has 1 saturated heterocycles. The normalized spacial score (nSPS) is 22.1. The molecule has 0 saturated carbocycles. The predicted molar refractivity (Wildman–Crippen MR) is 79.2 cm³/mol. The second-order valence-electron chi connectivity index (χ2n) is 5.08. The zero-order valence-corrected chi connectivity index (χ0v) is 13.5. The highest BCUT2D eigenvalue weighted by molar-refractivity contribution is 9.10. The number of hydrogen-bond acceptors (Lipinski definition) is 4. The van der Waals surface area contributed by atoms with Gasteiger partial charge in [-0.2, -0.15) is 0 Å². The monoisotopic (exact) mass is 379 g/mol. The van der Waals surface area contributed by atoms with Crippen LogP contribution >= 0.6 is 15.9 Å². The minimum atomic E-state index is -3.20. The SMILES string of the molecule is O=C(O)CC1CS(=O)(=O)CCN1Cc1ccc(Br)c(F)c1. The van der Waals surface area contributed by atoms with Crippen molar-refractivity contribution in [2.24, 2.45) is 0 Å². The van der Waals surface area contributed by atoms with Crippen LogP contribution in [0.3, 0.4) is 0 Å². The van der Waals surface area contributed by atoms with Gasteiger partial charge in [0.15, 0.2) is 9.84 Å². The standard InChI is InChI=1S/C13H15BrFNO4S/c14-11-2-1-9(5-12(11)15)7-16-3-4-21(19,20)8-10(16)6-13(17)18/h1-2,5,10H,3-4,6-8H2,(H,17,18). The van der Waals surface area contributed by atoms with Crippen molar-refractivity contribution in [3.8, 4) is 0 Å². The van der Waals surface area contributed by atoms with E-state index < -0.39 is 27.7 Å². The van der Waals surface area contributed by atoms with Crippen LogP contribution in [0.2, 0.25) is 0 Å². The van der Waals surface area contributed by atoms with Crippen LogP contribution in [-0.4, -0.2) is 48.5 Å². The van der Waals surface area contributed by atoms with Gasteiger partial charge in [0.1, 0.15) is 5.82 Å². The van der Waals surface area contributed by atoms with E-state index in [1.54, 1.807) is 17.0 Å². The van der Waals surface area contributed by atoms with Crippen molar-refractivity contribution in [1.82, 2.24) is 4.90 Å². The zero-order chi connectivity index (χ0) is 15.6. The Bertz CT molecular complexity index is 650. The fourth-order valence-electron chi connectivity index (χ4n) is 2.39. The molecule has 2 rings (SSSR count). The smallest absolute Gasteiger partial charge is 0.304 e. The maximum absolute atomic E-state index is 13.5. The molecule has 0 aliphatic carbocycles. The van der Waals surface area contributed by atoms with Gasteiger partial charge in [0.25, 0.3) is 0 Å². The lowest BCUT2D eigenvalue weighted by molar-refractivity contribution is -0.138. The van der Waals surface area contributed by atoms with Crippen LogP contribution in [0.1, 0.15) is 12.0 Å². The largest absolute Gasteiger partial charge is 0.481 e. The summed E-state index contributed by atoms with van der Waals surface area (Å²) in [5.74, 6) is -1.60. The molecule has 0 radical (unpaired) electrons. The van der Waals surface area contributed by atoms with Crippen molar-refractivity contribution in [2.75, 3.05) is 18.1 Å². The third-order valence-corrected chi connectivity index (χ3v) is 5.77. The van der Waals surface area contributed by atoms with E-state index in [9.17, 15) is 17.6 Å². The van der Waals surface area contributed by atoms with E-state index in [0.717, 1.165) is 0 Å². The van der Waals surface area contributed by atoms with Crippen molar-refractivity contribution < 1.29 is 22.7 Å². The molecule has 1 atom stereocenters. The lowest BCUT2D eigenvalue weighted by Gasteiger charge is -2.34. The number of hydrogen-bond donors (Lipinski definition) is 1. The number of nitrogens with zero attached hydrogens (tertiary/aromatic N) is 1. The van der Waals surface area contributed by atoms with Crippen LogP contribution in [0, 0.1) is 5.82 Å². The Morgan fingerprint density at radius 1 is 1.48 bits per heavy atom. The molecule has 1 aliphatic rings. The van der Waals surface area contributed by atoms with Gasteiger partial charge >= 0.3 is 5.97 Å². The van der Waals surface area contributed by atoms with Gasteiger partial charge in [0.2, 0.25) is 0 Å². The molecular weight excluding hydrogens is 365 g/mol. The summed E-state index contributed by atoms with van der Waals surface area (Å²) in [5, 5.41) is 8.91. The van der Waals surface area contributed by atoms with Crippen LogP contribution < -0.4 is 0 Å². The Morgan fingerprint density at radius 2 is 2.19 bits per heavy atom. The highest BCUT2D eigenvalue weighted by atomic mass is 79.9. The van der Waals surface area contributed by atoms with E-state index in [-0.39, 0.29) is 24.5 Å². The Hall–Kier alpha value is -0.990. The fourth-order valence-corrected chi connectivity index (χ4v) is 4.23. The first-order valence-electron chi connectivity index (χ1n) is 6.37. The van der Waals surface area contributed by atoms with Crippen LogP contribution in [0.4, 0.5) is 4.39 Å². The summed E-state index contributed by atoms with van der Waals surface area (Å²) < 4.78 is 37.2. The van der Waals surface area contributed by atoms with Gasteiger partial charge in [-0.15, -0.1) is 0 Å². The summed E-state index contributed by atoms with van der Waals surface area (Å²) in [4.78, 5) is 12.7. The molecule has 1 aromatic carbocycles. The van der Waals surface area contributed by atoms with Gasteiger partial charge in [-0.25, -0.2) is 12.8 Å². The van der Waals surface area contributed by atoms with Crippen LogP contribution in [0.25, 0.3) is 0 Å². The number of sulfone groups is 1. The minimum Gasteiger partial charge on any atom is -0.481 e. The molecule has 5 nitrogen and oxygen atoms in total. The zero-order valence-electron chi connectivity index (χ0n) is 11.1. The number of rotatable bonds is 4. The first kappa shape index (κ1) is 16.4. The Labute approximate surface area is 130 Å². The molecule has 0 bridgehead atoms. The van der Waals surface area contributed by atoms with E-state index >= 15 is 0 Å². The molecule has 1 unspecified atom stereocenters. The Morgan fingerprint density at radius 3 is 2.81 bits per heavy atom. The summed E-state index contributed by atoms with van der Waals surface area (Å²) in [6.45, 7) is 0.593. The van der Waals surface area contributed by atoms with Crippen molar-refractivity contribution in [3.05, 3.63) is 34.1 Å².